The van der Waals surface area contributed by atoms with Crippen LogP contribution in [0.15, 0.2) is 29.0 Å². The van der Waals surface area contributed by atoms with E-state index in [0.717, 1.165) is 0 Å². The number of fused-ring (bicyclic) bond motifs is 3. The molecule has 1 saturated carbocycles. The molecule has 0 aliphatic heterocycles. The Bertz CT molecular complexity index is 1170. The van der Waals surface area contributed by atoms with Gasteiger partial charge in [0.25, 0.3) is 5.91 Å². The van der Waals surface area contributed by atoms with Gasteiger partial charge in [0.15, 0.2) is 11.4 Å². The second kappa shape index (κ2) is 7.41. The summed E-state index contributed by atoms with van der Waals surface area (Å²) in [5, 5.41) is 53.9. The number of carbonyl (C=O) groups is 3. The van der Waals surface area contributed by atoms with Crippen molar-refractivity contribution >= 4 is 23.2 Å². The van der Waals surface area contributed by atoms with E-state index in [4.69, 9.17) is 5.73 Å². The average molecular weight is 458 g/mol. The molecular formula is C23H26N2O8. The molecule has 1 aromatic carbocycles. The standard InChI is InChI=1S/C23H26N2O8/c1-8(26)10-4-5-13(27)15-11(10)6-9-7-12-17(25(2)3)19(29)16(22(24)32)21(31)23(12,33)20(30)14(9)18(15)28/h4-5,8-9,12,17,26-28,31,33H,6-7H2,1-3H3,(H2,24,32)/t8?,9-,12-,17-,23-/m0/s1. The third kappa shape index (κ3) is 2.94. The van der Waals surface area contributed by atoms with Gasteiger partial charge in [-0.25, -0.2) is 0 Å². The maximum absolute atomic E-state index is 13.6. The van der Waals surface area contributed by atoms with Gasteiger partial charge in [-0.05, 0) is 57.0 Å². The Morgan fingerprint density at radius 3 is 2.39 bits per heavy atom. The summed E-state index contributed by atoms with van der Waals surface area (Å²) in [5.41, 5.74) is 2.43. The Morgan fingerprint density at radius 2 is 1.85 bits per heavy atom. The minimum Gasteiger partial charge on any atom is -0.508 e. The van der Waals surface area contributed by atoms with Gasteiger partial charge < -0.3 is 31.3 Å². The fourth-order valence-electron chi connectivity index (χ4n) is 5.66. The number of primary amides is 1. The summed E-state index contributed by atoms with van der Waals surface area (Å²) in [6, 6.07) is 1.67. The number of phenols is 1. The molecule has 1 unspecified atom stereocenters. The van der Waals surface area contributed by atoms with Crippen LogP contribution in [0.4, 0.5) is 0 Å². The van der Waals surface area contributed by atoms with Crippen LogP contribution in [0.2, 0.25) is 0 Å². The topological polar surface area (TPSA) is 182 Å². The van der Waals surface area contributed by atoms with Crippen molar-refractivity contribution in [1.82, 2.24) is 4.90 Å². The molecule has 0 spiro atoms. The van der Waals surface area contributed by atoms with Crippen LogP contribution in [0, 0.1) is 11.8 Å². The molecule has 0 aromatic heterocycles. The summed E-state index contributed by atoms with van der Waals surface area (Å²) in [6.07, 6.45) is -0.773. The number of phenolic OH excluding ortho intramolecular Hbond substituents is 1. The van der Waals surface area contributed by atoms with Gasteiger partial charge in [0, 0.05) is 11.5 Å². The van der Waals surface area contributed by atoms with Crippen molar-refractivity contribution in [3.63, 3.8) is 0 Å². The summed E-state index contributed by atoms with van der Waals surface area (Å²) in [6.45, 7) is 1.53. The summed E-state index contributed by atoms with van der Waals surface area (Å²) in [7, 11) is 3.08. The normalized spacial score (nSPS) is 30.2. The van der Waals surface area contributed by atoms with E-state index in [9.17, 15) is 39.9 Å². The number of carbonyl (C=O) groups excluding carboxylic acids is 3. The molecule has 0 bridgehead atoms. The van der Waals surface area contributed by atoms with Gasteiger partial charge in [0.2, 0.25) is 5.78 Å². The highest BCUT2D eigenvalue weighted by molar-refractivity contribution is 6.24. The molecule has 4 rings (SSSR count). The first-order valence-electron chi connectivity index (χ1n) is 10.5. The van der Waals surface area contributed by atoms with E-state index in [-0.39, 0.29) is 29.7 Å². The summed E-state index contributed by atoms with van der Waals surface area (Å²) < 4.78 is 0. The van der Waals surface area contributed by atoms with Crippen LogP contribution in [0.5, 0.6) is 5.75 Å². The van der Waals surface area contributed by atoms with Gasteiger partial charge in [0.1, 0.15) is 22.8 Å². The second-order valence-corrected chi connectivity index (χ2v) is 9.17. The zero-order valence-corrected chi connectivity index (χ0v) is 18.4. The average Bonchev–Trinajstić information content (AvgIpc) is 2.70. The maximum atomic E-state index is 13.6. The van der Waals surface area contributed by atoms with Crippen molar-refractivity contribution in [3.8, 4) is 5.75 Å². The van der Waals surface area contributed by atoms with Gasteiger partial charge in [-0.15, -0.1) is 0 Å². The quantitative estimate of drug-likeness (QED) is 0.340. The van der Waals surface area contributed by atoms with Crippen molar-refractivity contribution in [3.05, 3.63) is 45.7 Å². The number of amides is 1. The van der Waals surface area contributed by atoms with E-state index >= 15 is 0 Å². The van der Waals surface area contributed by atoms with E-state index in [1.807, 2.05) is 0 Å². The molecule has 0 heterocycles. The minimum atomic E-state index is -2.66. The summed E-state index contributed by atoms with van der Waals surface area (Å²) in [4.78, 5) is 40.1. The van der Waals surface area contributed by atoms with Gasteiger partial charge >= 0.3 is 0 Å². The van der Waals surface area contributed by atoms with Crippen LogP contribution in [-0.4, -0.2) is 73.6 Å². The van der Waals surface area contributed by atoms with Crippen molar-refractivity contribution in [2.45, 2.75) is 37.5 Å². The minimum absolute atomic E-state index is 0.000662. The smallest absolute Gasteiger partial charge is 0.255 e. The number of aliphatic hydroxyl groups excluding tert-OH is 3. The molecule has 1 amide bonds. The molecule has 0 saturated heterocycles. The number of benzene rings is 1. The fourth-order valence-corrected chi connectivity index (χ4v) is 5.66. The van der Waals surface area contributed by atoms with E-state index in [1.54, 1.807) is 0 Å². The number of aromatic hydroxyl groups is 1. The molecule has 10 heteroatoms. The third-order valence-corrected chi connectivity index (χ3v) is 7.09. The predicted octanol–water partition coefficient (Wildman–Crippen LogP) is 0.0173. The number of rotatable bonds is 3. The Kier molecular flexibility index (Phi) is 5.15. The third-order valence-electron chi connectivity index (χ3n) is 7.09. The summed E-state index contributed by atoms with van der Waals surface area (Å²) in [5.74, 6) is -6.98. The molecule has 3 aliphatic carbocycles. The lowest BCUT2D eigenvalue weighted by molar-refractivity contribution is -0.153. The molecule has 3 aliphatic rings. The lowest BCUT2D eigenvalue weighted by Gasteiger charge is -2.50. The first-order chi connectivity index (χ1) is 15.3. The SMILES string of the molecule is CC(O)c1ccc(O)c2c1C[C@H]1C[C@H]3[C@H](N(C)C)C(=O)C(C(N)=O)=C(O)[C@@]3(O)C(=O)C1=C2O. The number of hydrogen-bond acceptors (Lipinski definition) is 9. The maximum Gasteiger partial charge on any atom is 0.255 e. The van der Waals surface area contributed by atoms with Crippen LogP contribution in [-0.2, 0) is 20.8 Å². The highest BCUT2D eigenvalue weighted by atomic mass is 16.3. The first-order valence-corrected chi connectivity index (χ1v) is 10.5. The molecule has 7 N–H and O–H groups in total. The van der Waals surface area contributed by atoms with Crippen LogP contribution in [0.1, 0.15) is 36.1 Å². The molecule has 1 fully saturated rings. The van der Waals surface area contributed by atoms with Crippen LogP contribution >= 0.6 is 0 Å². The van der Waals surface area contributed by atoms with E-state index in [1.165, 1.54) is 38.1 Å². The summed E-state index contributed by atoms with van der Waals surface area (Å²) >= 11 is 0. The van der Waals surface area contributed by atoms with Crippen molar-refractivity contribution in [1.29, 1.82) is 0 Å². The predicted molar refractivity (Wildman–Crippen MR) is 115 cm³/mol. The highest BCUT2D eigenvalue weighted by Crippen LogP contribution is 2.53. The number of nitrogens with zero attached hydrogens (tertiary/aromatic N) is 1. The monoisotopic (exact) mass is 458 g/mol. The van der Waals surface area contributed by atoms with Crippen LogP contribution < -0.4 is 5.73 Å². The van der Waals surface area contributed by atoms with Crippen molar-refractivity contribution < 1.29 is 39.9 Å². The Labute approximate surface area is 189 Å². The Balaban J connectivity index is 1.99. The van der Waals surface area contributed by atoms with Crippen molar-refractivity contribution in [2.24, 2.45) is 17.6 Å². The molecule has 0 radical (unpaired) electrons. The number of likely N-dealkylation sites (N-methyl/N-ethyl adjacent to an activating group) is 1. The Morgan fingerprint density at radius 1 is 1.21 bits per heavy atom. The van der Waals surface area contributed by atoms with Gasteiger partial charge in [0.05, 0.1) is 17.7 Å². The zero-order chi connectivity index (χ0) is 24.6. The number of ketones is 2. The Hall–Kier alpha value is -3.21. The van der Waals surface area contributed by atoms with Gasteiger partial charge in [-0.1, -0.05) is 6.07 Å². The number of nitrogens with two attached hydrogens (primary N) is 1. The van der Waals surface area contributed by atoms with Crippen LogP contribution in [0.25, 0.3) is 5.76 Å². The van der Waals surface area contributed by atoms with Crippen molar-refractivity contribution in [2.75, 3.05) is 14.1 Å². The number of Topliss-reactive ketones (excluding diaryl/α,β-unsaturated/α-hetero) is 2. The molecule has 33 heavy (non-hydrogen) atoms. The fraction of sp³-hybridized carbons (Fsp3) is 0.435. The largest absolute Gasteiger partial charge is 0.508 e. The molecule has 10 nitrogen and oxygen atoms in total. The van der Waals surface area contributed by atoms with E-state index < -0.39 is 64.1 Å². The van der Waals surface area contributed by atoms with E-state index in [2.05, 4.69) is 0 Å². The number of aliphatic hydroxyl groups is 4. The molecule has 5 atom stereocenters. The molecule has 1 aromatic rings. The molecule has 176 valence electrons. The first kappa shape index (κ1) is 23.0. The van der Waals surface area contributed by atoms with E-state index in [0.29, 0.717) is 11.1 Å². The van der Waals surface area contributed by atoms with Gasteiger partial charge in [-0.2, -0.15) is 0 Å². The highest BCUT2D eigenvalue weighted by Gasteiger charge is 2.64. The van der Waals surface area contributed by atoms with Crippen LogP contribution in [0.3, 0.4) is 0 Å². The van der Waals surface area contributed by atoms with Gasteiger partial charge in [-0.3, -0.25) is 19.3 Å². The lowest BCUT2D eigenvalue weighted by atomic mass is 9.57. The second-order valence-electron chi connectivity index (χ2n) is 9.17. The molecular weight excluding hydrogens is 432 g/mol. The zero-order valence-electron chi connectivity index (χ0n) is 18.4. The number of hydrogen-bond donors (Lipinski definition) is 6. The lowest BCUT2D eigenvalue weighted by Crippen LogP contribution is -2.65.